The summed E-state index contributed by atoms with van der Waals surface area (Å²) in [7, 11) is 0. The fourth-order valence-electron chi connectivity index (χ4n) is 0.668. The highest BCUT2D eigenvalue weighted by Crippen LogP contribution is 2.10. The van der Waals surface area contributed by atoms with E-state index >= 15 is 0 Å². The molecule has 0 spiro atoms. The predicted molar refractivity (Wildman–Crippen MR) is 48.6 cm³/mol. The maximum Gasteiger partial charge on any atom is 0.410 e. The van der Waals surface area contributed by atoms with E-state index in [0.29, 0.717) is 0 Å². The summed E-state index contributed by atoms with van der Waals surface area (Å²) in [5.74, 6) is 0. The van der Waals surface area contributed by atoms with Gasteiger partial charge in [-0.1, -0.05) is 0 Å². The first-order chi connectivity index (χ1) is 8.21. The van der Waals surface area contributed by atoms with Crippen molar-refractivity contribution in [2.24, 2.45) is 0 Å². The molecule has 0 aromatic heterocycles. The zero-order chi connectivity index (χ0) is 15.3. The van der Waals surface area contributed by atoms with Crippen molar-refractivity contribution in [1.29, 1.82) is 0 Å². The molecule has 4 heteroatoms. The van der Waals surface area contributed by atoms with Gasteiger partial charge < -0.3 is 14.4 Å². The third-order valence-corrected chi connectivity index (χ3v) is 1.10. The molecule has 0 aromatic carbocycles. The van der Waals surface area contributed by atoms with Gasteiger partial charge in [-0.15, -0.1) is 0 Å². The SMILES string of the molecule is [2H]C1([2H])COC([2H])([2H])C([2H])([2H])N1C(=O)OC(C)(C)C. The molecule has 1 heterocycles. The van der Waals surface area contributed by atoms with Crippen LogP contribution in [-0.2, 0) is 9.47 Å². The van der Waals surface area contributed by atoms with Gasteiger partial charge in [-0.25, -0.2) is 4.79 Å². The molecule has 0 atom stereocenters. The number of hydrogen-bond donors (Lipinski definition) is 0. The number of carbonyl (C=O) groups excluding carboxylic acids is 1. The molecule has 0 aliphatic carbocycles. The highest BCUT2D eigenvalue weighted by Gasteiger charge is 2.23. The monoisotopic (exact) mass is 193 g/mol. The van der Waals surface area contributed by atoms with Crippen molar-refractivity contribution < 1.29 is 22.5 Å². The van der Waals surface area contributed by atoms with Gasteiger partial charge in [0.1, 0.15) is 5.60 Å². The Labute approximate surface area is 87.2 Å². The van der Waals surface area contributed by atoms with Crippen LogP contribution >= 0.6 is 0 Å². The summed E-state index contributed by atoms with van der Waals surface area (Å²) >= 11 is 0. The van der Waals surface area contributed by atoms with Gasteiger partial charge in [0.05, 0.1) is 21.4 Å². The van der Waals surface area contributed by atoms with Crippen LogP contribution in [0.3, 0.4) is 0 Å². The molecule has 1 amide bonds. The smallest absolute Gasteiger partial charge is 0.410 e. The lowest BCUT2D eigenvalue weighted by Crippen LogP contribution is -2.43. The number of amides is 1. The Balaban J connectivity index is 3.14. The van der Waals surface area contributed by atoms with Gasteiger partial charge in [0.25, 0.3) is 0 Å². The van der Waals surface area contributed by atoms with Crippen molar-refractivity contribution in [2.45, 2.75) is 26.4 Å². The van der Waals surface area contributed by atoms with E-state index < -0.39 is 37.9 Å². The minimum absolute atomic E-state index is 0.120. The summed E-state index contributed by atoms with van der Waals surface area (Å²) in [5, 5.41) is 0. The maximum absolute atomic E-state index is 11.9. The number of carbonyl (C=O) groups is 1. The summed E-state index contributed by atoms with van der Waals surface area (Å²) in [6.07, 6.45) is -1.27. The van der Waals surface area contributed by atoms with Crippen LogP contribution in [0.1, 0.15) is 29.0 Å². The molecule has 0 saturated carbocycles. The molecule has 1 aliphatic rings. The second-order valence-electron chi connectivity index (χ2n) is 3.48. The number of rotatable bonds is 0. The van der Waals surface area contributed by atoms with Gasteiger partial charge in [0, 0.05) is 13.0 Å². The Morgan fingerprint density at radius 1 is 1.54 bits per heavy atom. The lowest BCUT2D eigenvalue weighted by molar-refractivity contribution is -0.00676. The zero-order valence-electron chi connectivity index (χ0n) is 13.9. The van der Waals surface area contributed by atoms with Crippen molar-refractivity contribution in [3.63, 3.8) is 0 Å². The van der Waals surface area contributed by atoms with Crippen LogP contribution < -0.4 is 0 Å². The van der Waals surface area contributed by atoms with Crippen LogP contribution in [0.2, 0.25) is 0 Å². The molecule has 1 saturated heterocycles. The Morgan fingerprint density at radius 2 is 2.23 bits per heavy atom. The van der Waals surface area contributed by atoms with E-state index in [1.165, 1.54) is 0 Å². The van der Waals surface area contributed by atoms with Gasteiger partial charge >= 0.3 is 6.09 Å². The van der Waals surface area contributed by atoms with E-state index in [4.69, 9.17) is 13.0 Å². The standard InChI is InChI=1S/C9H17NO3/c1-9(2,3)13-8(11)10-4-6-12-7-5-10/h4-7H2,1-3H3/i4D2,5D2,6D2. The third kappa shape index (κ3) is 3.63. The van der Waals surface area contributed by atoms with E-state index in [1.807, 2.05) is 0 Å². The average molecular weight is 193 g/mol. The Hall–Kier alpha value is -0.770. The van der Waals surface area contributed by atoms with Gasteiger partial charge in [0.15, 0.2) is 0 Å². The predicted octanol–water partition coefficient (Wildman–Crippen LogP) is 1.25. The lowest BCUT2D eigenvalue weighted by Gasteiger charge is -2.29. The highest BCUT2D eigenvalue weighted by molar-refractivity contribution is 5.68. The first kappa shape index (κ1) is 4.64. The minimum atomic E-state index is -2.99. The molecular weight excluding hydrogens is 170 g/mol. The van der Waals surface area contributed by atoms with Crippen molar-refractivity contribution in [3.8, 4) is 0 Å². The van der Waals surface area contributed by atoms with Crippen LogP contribution in [0.15, 0.2) is 0 Å². The summed E-state index contributed by atoms with van der Waals surface area (Å²) in [5.41, 5.74) is -0.950. The molecule has 0 bridgehead atoms. The number of morpholine rings is 1. The van der Waals surface area contributed by atoms with Crippen LogP contribution in [0, 0.1) is 0 Å². The molecule has 1 rings (SSSR count). The zero-order valence-corrected chi connectivity index (χ0v) is 7.88. The van der Waals surface area contributed by atoms with E-state index in [1.54, 1.807) is 20.8 Å². The second-order valence-corrected chi connectivity index (χ2v) is 3.48. The first-order valence-electron chi connectivity index (χ1n) is 6.88. The highest BCUT2D eigenvalue weighted by atomic mass is 16.6. The van der Waals surface area contributed by atoms with Crippen molar-refractivity contribution in [1.82, 2.24) is 4.90 Å². The lowest BCUT2D eigenvalue weighted by atomic mass is 10.2. The van der Waals surface area contributed by atoms with Crippen LogP contribution in [-0.4, -0.2) is 42.8 Å². The average Bonchev–Trinajstić information content (AvgIpc) is 2.08. The normalized spacial score (nSPS) is 37.0. The van der Waals surface area contributed by atoms with E-state index in [-0.39, 0.29) is 4.90 Å². The molecule has 0 radical (unpaired) electrons. The third-order valence-electron chi connectivity index (χ3n) is 1.10. The van der Waals surface area contributed by atoms with Crippen molar-refractivity contribution >= 4 is 6.09 Å². The second kappa shape index (κ2) is 3.96. The fraction of sp³-hybridized carbons (Fsp3) is 0.889. The van der Waals surface area contributed by atoms with Gasteiger partial charge in [-0.3, -0.25) is 0 Å². The largest absolute Gasteiger partial charge is 0.444 e. The summed E-state index contributed by atoms with van der Waals surface area (Å²) in [6.45, 7) is -4.45. The summed E-state index contributed by atoms with van der Waals surface area (Å²) in [6, 6.07) is 0. The first-order valence-corrected chi connectivity index (χ1v) is 3.88. The number of nitrogens with zero attached hydrogens (tertiary/aromatic N) is 1. The molecule has 0 N–H and O–H groups in total. The van der Waals surface area contributed by atoms with Crippen LogP contribution in [0.4, 0.5) is 4.79 Å². The minimum Gasteiger partial charge on any atom is -0.444 e. The molecule has 4 nitrogen and oxygen atoms in total. The van der Waals surface area contributed by atoms with Crippen LogP contribution in [0.5, 0.6) is 0 Å². The van der Waals surface area contributed by atoms with Gasteiger partial charge in [-0.05, 0) is 20.8 Å². The van der Waals surface area contributed by atoms with Gasteiger partial charge in [-0.2, -0.15) is 0 Å². The molecule has 0 unspecified atom stereocenters. The molecule has 1 fully saturated rings. The van der Waals surface area contributed by atoms with E-state index in [9.17, 15) is 4.79 Å². The fourth-order valence-corrected chi connectivity index (χ4v) is 0.668. The molecular formula is C9H17NO3. The van der Waals surface area contributed by atoms with Gasteiger partial charge in [0.2, 0.25) is 0 Å². The summed E-state index contributed by atoms with van der Waals surface area (Å²) < 4.78 is 54.8. The maximum atomic E-state index is 11.9. The van der Waals surface area contributed by atoms with Crippen LogP contribution in [0.25, 0.3) is 0 Å². The Morgan fingerprint density at radius 3 is 2.85 bits per heavy atom. The summed E-state index contributed by atoms with van der Waals surface area (Å²) in [4.78, 5) is 12.1. The van der Waals surface area contributed by atoms with E-state index in [2.05, 4.69) is 4.74 Å². The van der Waals surface area contributed by atoms with E-state index in [0.717, 1.165) is 0 Å². The van der Waals surface area contributed by atoms with Crippen molar-refractivity contribution in [3.05, 3.63) is 0 Å². The topological polar surface area (TPSA) is 38.8 Å². The quantitative estimate of drug-likeness (QED) is 0.581. The molecule has 76 valence electrons. The molecule has 1 aliphatic heterocycles. The molecule has 13 heavy (non-hydrogen) atoms. The molecule has 0 aromatic rings. The number of hydrogen-bond acceptors (Lipinski definition) is 3. The Bertz CT molecular complexity index is 379. The van der Waals surface area contributed by atoms with Crippen molar-refractivity contribution in [2.75, 3.05) is 26.2 Å². The Kier molecular flexibility index (Phi) is 1.41. The number of ether oxygens (including phenoxy) is 2.